The molecule has 0 aliphatic heterocycles. The van der Waals surface area contributed by atoms with Crippen LogP contribution in [0.5, 0.6) is 0 Å². The molecule has 2 nitrogen and oxygen atoms in total. The third-order valence-electron chi connectivity index (χ3n) is 9.59. The van der Waals surface area contributed by atoms with Gasteiger partial charge in [-0.05, 0) is 102 Å². The number of benzene rings is 7. The van der Waals surface area contributed by atoms with E-state index in [0.717, 1.165) is 0 Å². The minimum absolute atomic E-state index is 1.18. The number of aromatic nitrogens is 2. The number of nitrogens with zero attached hydrogens (tertiary/aromatic N) is 2. The molecular weight excluding hydrogens is 556 g/mol. The van der Waals surface area contributed by atoms with Crippen molar-refractivity contribution in [1.29, 1.82) is 0 Å². The average Bonchev–Trinajstić information content (AvgIpc) is 3.61. The Morgan fingerprint density at radius 1 is 0.326 bits per heavy atom. The van der Waals surface area contributed by atoms with Crippen LogP contribution in [0, 0.1) is 13.8 Å². The average molecular weight is 589 g/mol. The highest BCUT2D eigenvalue weighted by molar-refractivity contribution is 6.11. The van der Waals surface area contributed by atoms with E-state index in [1.165, 1.54) is 88.4 Å². The Morgan fingerprint density at radius 3 is 1.39 bits per heavy atom. The molecule has 0 unspecified atom stereocenters. The Balaban J connectivity index is 1.11. The molecule has 0 saturated carbocycles. The van der Waals surface area contributed by atoms with Gasteiger partial charge in [0.05, 0.1) is 22.1 Å². The summed E-state index contributed by atoms with van der Waals surface area (Å²) in [6.07, 6.45) is 0. The second-order valence-electron chi connectivity index (χ2n) is 12.3. The van der Waals surface area contributed by atoms with Crippen molar-refractivity contribution in [1.82, 2.24) is 9.13 Å². The van der Waals surface area contributed by atoms with Gasteiger partial charge in [-0.25, -0.2) is 0 Å². The first-order valence-electron chi connectivity index (χ1n) is 15.9. The predicted molar refractivity (Wildman–Crippen MR) is 195 cm³/mol. The van der Waals surface area contributed by atoms with Gasteiger partial charge < -0.3 is 9.13 Å². The van der Waals surface area contributed by atoms with Crippen molar-refractivity contribution in [2.45, 2.75) is 13.8 Å². The third-order valence-corrected chi connectivity index (χ3v) is 9.59. The van der Waals surface area contributed by atoms with Crippen molar-refractivity contribution in [2.75, 3.05) is 0 Å². The molecule has 0 aliphatic rings. The van der Waals surface area contributed by atoms with E-state index in [2.05, 4.69) is 181 Å². The maximum Gasteiger partial charge on any atom is 0.0541 e. The van der Waals surface area contributed by atoms with Crippen LogP contribution in [-0.2, 0) is 0 Å². The lowest BCUT2D eigenvalue weighted by Gasteiger charge is -2.15. The molecule has 0 amide bonds. The number of fused-ring (bicyclic) bond motifs is 6. The van der Waals surface area contributed by atoms with Gasteiger partial charge in [-0.1, -0.05) is 103 Å². The number of hydrogen-bond acceptors (Lipinski definition) is 0. The molecule has 46 heavy (non-hydrogen) atoms. The van der Waals surface area contributed by atoms with Crippen molar-refractivity contribution in [3.8, 4) is 33.6 Å². The zero-order valence-electron chi connectivity index (χ0n) is 25.9. The first-order chi connectivity index (χ1) is 22.7. The molecule has 0 fully saturated rings. The van der Waals surface area contributed by atoms with E-state index in [4.69, 9.17) is 0 Å². The Bertz CT molecular complexity index is 2550. The molecule has 0 N–H and O–H groups in total. The number of rotatable bonds is 4. The molecule has 0 spiro atoms. The van der Waals surface area contributed by atoms with Crippen LogP contribution < -0.4 is 0 Å². The van der Waals surface area contributed by atoms with E-state index in [-0.39, 0.29) is 0 Å². The number of para-hydroxylation sites is 4. The number of aryl methyl sites for hydroxylation is 2. The van der Waals surface area contributed by atoms with Gasteiger partial charge in [-0.3, -0.25) is 0 Å². The summed E-state index contributed by atoms with van der Waals surface area (Å²) in [6, 6.07) is 57.5. The van der Waals surface area contributed by atoms with E-state index in [1.54, 1.807) is 0 Å². The normalized spacial score (nSPS) is 11.7. The predicted octanol–water partition coefficient (Wildman–Crippen LogP) is 11.8. The monoisotopic (exact) mass is 588 g/mol. The highest BCUT2D eigenvalue weighted by atomic mass is 15.0. The lowest BCUT2D eigenvalue weighted by molar-refractivity contribution is 1.17. The van der Waals surface area contributed by atoms with E-state index < -0.39 is 0 Å². The molecule has 2 heterocycles. The molecule has 9 aromatic rings. The Hall–Kier alpha value is -5.86. The SMILES string of the molecule is Cc1cc(-c2ccc3c(c2)c2ccccc2n3-c2ccccc2)ccc1-c1ccc(-n2c3ccccc3c3ccccc32)cc1C. The minimum Gasteiger partial charge on any atom is -0.309 e. The summed E-state index contributed by atoms with van der Waals surface area (Å²) < 4.78 is 4.76. The van der Waals surface area contributed by atoms with E-state index in [1.807, 2.05) is 0 Å². The fourth-order valence-electron chi connectivity index (χ4n) is 7.44. The molecule has 7 aromatic carbocycles. The van der Waals surface area contributed by atoms with Crippen LogP contribution in [0.2, 0.25) is 0 Å². The van der Waals surface area contributed by atoms with Crippen molar-refractivity contribution in [3.05, 3.63) is 169 Å². The highest BCUT2D eigenvalue weighted by Gasteiger charge is 2.15. The van der Waals surface area contributed by atoms with Crippen molar-refractivity contribution in [3.63, 3.8) is 0 Å². The fourth-order valence-corrected chi connectivity index (χ4v) is 7.44. The maximum atomic E-state index is 2.39. The summed E-state index contributed by atoms with van der Waals surface area (Å²) >= 11 is 0. The van der Waals surface area contributed by atoms with Crippen LogP contribution in [0.4, 0.5) is 0 Å². The Labute approximate surface area is 268 Å². The molecule has 0 saturated heterocycles. The second-order valence-corrected chi connectivity index (χ2v) is 12.3. The molecule has 2 aromatic heterocycles. The molecule has 0 aliphatic carbocycles. The summed E-state index contributed by atoms with van der Waals surface area (Å²) in [5.41, 5.74) is 14.9. The lowest BCUT2D eigenvalue weighted by Crippen LogP contribution is -1.96. The van der Waals surface area contributed by atoms with E-state index in [0.29, 0.717) is 0 Å². The van der Waals surface area contributed by atoms with Gasteiger partial charge in [-0.15, -0.1) is 0 Å². The molecule has 0 atom stereocenters. The largest absolute Gasteiger partial charge is 0.309 e. The van der Waals surface area contributed by atoms with Crippen molar-refractivity contribution in [2.24, 2.45) is 0 Å². The van der Waals surface area contributed by atoms with Gasteiger partial charge >= 0.3 is 0 Å². The number of hydrogen-bond donors (Lipinski definition) is 0. The zero-order valence-corrected chi connectivity index (χ0v) is 25.9. The van der Waals surface area contributed by atoms with Gasteiger partial charge in [0, 0.05) is 32.9 Å². The van der Waals surface area contributed by atoms with Gasteiger partial charge in [0.1, 0.15) is 0 Å². The quantitative estimate of drug-likeness (QED) is 0.194. The molecule has 0 radical (unpaired) electrons. The molecule has 9 rings (SSSR count). The molecule has 0 bridgehead atoms. The minimum atomic E-state index is 1.18. The Morgan fingerprint density at radius 2 is 0.783 bits per heavy atom. The topological polar surface area (TPSA) is 9.86 Å². The first-order valence-corrected chi connectivity index (χ1v) is 15.9. The van der Waals surface area contributed by atoms with Crippen molar-refractivity contribution >= 4 is 43.6 Å². The third kappa shape index (κ3) is 4.04. The maximum absolute atomic E-state index is 2.39. The standard InChI is InChI=1S/C44H32N2/c1-29-26-31(32-21-25-44-40(28-32)39-16-8-11-19-43(39)45(44)33-12-4-3-5-13-33)20-23-35(29)36-24-22-34(27-30(36)2)46-41-17-9-6-14-37(41)38-15-7-10-18-42(38)46/h3-28H,1-2H3. The summed E-state index contributed by atoms with van der Waals surface area (Å²) in [4.78, 5) is 0. The van der Waals surface area contributed by atoms with Crippen LogP contribution in [0.3, 0.4) is 0 Å². The van der Waals surface area contributed by atoms with Gasteiger partial charge in [0.2, 0.25) is 0 Å². The zero-order chi connectivity index (χ0) is 30.8. The summed E-state index contributed by atoms with van der Waals surface area (Å²) in [5.74, 6) is 0. The highest BCUT2D eigenvalue weighted by Crippen LogP contribution is 2.38. The van der Waals surface area contributed by atoms with Crippen LogP contribution >= 0.6 is 0 Å². The smallest absolute Gasteiger partial charge is 0.0541 e. The fraction of sp³-hybridized carbons (Fsp3) is 0.0455. The molecule has 218 valence electrons. The van der Waals surface area contributed by atoms with Gasteiger partial charge in [0.15, 0.2) is 0 Å². The molecular formula is C44H32N2. The van der Waals surface area contributed by atoms with Gasteiger partial charge in [-0.2, -0.15) is 0 Å². The van der Waals surface area contributed by atoms with Crippen LogP contribution in [-0.4, -0.2) is 9.13 Å². The first kappa shape index (κ1) is 26.5. The summed E-state index contributed by atoms with van der Waals surface area (Å²) in [5, 5.41) is 5.12. The lowest BCUT2D eigenvalue weighted by atomic mass is 9.93. The second kappa shape index (κ2) is 10.4. The van der Waals surface area contributed by atoms with Crippen LogP contribution in [0.25, 0.3) is 77.2 Å². The van der Waals surface area contributed by atoms with Gasteiger partial charge in [0.25, 0.3) is 0 Å². The molecule has 2 heteroatoms. The van der Waals surface area contributed by atoms with Crippen molar-refractivity contribution < 1.29 is 0 Å². The summed E-state index contributed by atoms with van der Waals surface area (Å²) in [6.45, 7) is 4.47. The van der Waals surface area contributed by atoms with Crippen LogP contribution in [0.15, 0.2) is 158 Å². The summed E-state index contributed by atoms with van der Waals surface area (Å²) in [7, 11) is 0. The van der Waals surface area contributed by atoms with E-state index >= 15 is 0 Å². The van der Waals surface area contributed by atoms with E-state index in [9.17, 15) is 0 Å². The van der Waals surface area contributed by atoms with Crippen LogP contribution in [0.1, 0.15) is 11.1 Å². The Kier molecular flexibility index (Phi) is 5.97.